The Labute approximate surface area is 165 Å². The Bertz CT molecular complexity index is 829. The summed E-state index contributed by atoms with van der Waals surface area (Å²) in [5, 5.41) is 3.49. The summed E-state index contributed by atoms with van der Waals surface area (Å²) in [6.45, 7) is 3.71. The number of amides is 1. The number of fused-ring (bicyclic) bond motifs is 1. The summed E-state index contributed by atoms with van der Waals surface area (Å²) in [5.74, 6) is 1.06. The third-order valence-electron chi connectivity index (χ3n) is 5.17. The van der Waals surface area contributed by atoms with Gasteiger partial charge in [0.15, 0.2) is 0 Å². The topological polar surface area (TPSA) is 50.8 Å². The summed E-state index contributed by atoms with van der Waals surface area (Å²) >= 11 is 0. The number of rotatable bonds is 6. The molecule has 2 aliphatic heterocycles. The highest BCUT2D eigenvalue weighted by molar-refractivity contribution is 5.82. The van der Waals surface area contributed by atoms with Crippen molar-refractivity contribution in [2.24, 2.45) is 0 Å². The van der Waals surface area contributed by atoms with Crippen molar-refractivity contribution in [1.29, 1.82) is 0 Å². The van der Waals surface area contributed by atoms with E-state index < -0.39 is 0 Å². The molecule has 1 atom stereocenters. The Morgan fingerprint density at radius 3 is 2.61 bits per heavy atom. The number of carbonyl (C=O) groups excluding carboxylic acids is 1. The van der Waals surface area contributed by atoms with Gasteiger partial charge in [-0.25, -0.2) is 0 Å². The van der Waals surface area contributed by atoms with Crippen LogP contribution in [-0.4, -0.2) is 56.3 Å². The number of nitrogens with one attached hydrogen (secondary N) is 1. The Morgan fingerprint density at radius 1 is 1.04 bits per heavy atom. The molecule has 1 N–H and O–H groups in total. The van der Waals surface area contributed by atoms with Crippen molar-refractivity contribution in [1.82, 2.24) is 10.2 Å². The van der Waals surface area contributed by atoms with E-state index in [1.165, 1.54) is 0 Å². The largest absolute Gasteiger partial charge is 0.489 e. The van der Waals surface area contributed by atoms with Crippen LogP contribution in [0.3, 0.4) is 0 Å². The lowest BCUT2D eigenvalue weighted by Gasteiger charge is -2.31. The predicted molar refractivity (Wildman–Crippen MR) is 109 cm³/mol. The van der Waals surface area contributed by atoms with Crippen LogP contribution in [0.1, 0.15) is 11.1 Å². The fourth-order valence-electron chi connectivity index (χ4n) is 3.62. The molecule has 0 aliphatic carbocycles. The van der Waals surface area contributed by atoms with E-state index in [9.17, 15) is 4.79 Å². The molecule has 4 rings (SSSR count). The smallest absolute Gasteiger partial charge is 0.240 e. The Morgan fingerprint density at radius 2 is 1.79 bits per heavy atom. The molecular weight excluding hydrogens is 352 g/mol. The van der Waals surface area contributed by atoms with E-state index >= 15 is 0 Å². The minimum absolute atomic E-state index is 0.143. The molecule has 146 valence electrons. The molecule has 2 aromatic carbocycles. The molecule has 0 radical (unpaired) electrons. The molecule has 1 amide bonds. The van der Waals surface area contributed by atoms with Gasteiger partial charge in [-0.15, -0.1) is 0 Å². The summed E-state index contributed by atoms with van der Waals surface area (Å²) < 4.78 is 11.2. The fourth-order valence-corrected chi connectivity index (χ4v) is 3.62. The number of hydrogen-bond donors (Lipinski definition) is 1. The first-order valence-corrected chi connectivity index (χ1v) is 9.85. The zero-order chi connectivity index (χ0) is 19.2. The zero-order valence-corrected chi connectivity index (χ0v) is 16.0. The van der Waals surface area contributed by atoms with Crippen LogP contribution in [0, 0.1) is 0 Å². The second-order valence-corrected chi connectivity index (χ2v) is 7.19. The quantitative estimate of drug-likeness (QED) is 0.839. The van der Waals surface area contributed by atoms with E-state index in [1.807, 2.05) is 41.3 Å². The number of morpholine rings is 1. The van der Waals surface area contributed by atoms with Crippen molar-refractivity contribution in [3.05, 3.63) is 71.3 Å². The van der Waals surface area contributed by atoms with Gasteiger partial charge < -0.3 is 19.7 Å². The molecule has 28 heavy (non-hydrogen) atoms. The van der Waals surface area contributed by atoms with Crippen LogP contribution in [0.5, 0.6) is 5.75 Å². The van der Waals surface area contributed by atoms with Gasteiger partial charge in [0.1, 0.15) is 12.4 Å². The maximum Gasteiger partial charge on any atom is 0.240 e. The minimum Gasteiger partial charge on any atom is -0.489 e. The first-order chi connectivity index (χ1) is 13.8. The maximum atomic E-state index is 13.1. The van der Waals surface area contributed by atoms with Crippen molar-refractivity contribution in [2.75, 3.05) is 39.5 Å². The first kappa shape index (κ1) is 18.7. The second kappa shape index (κ2) is 9.04. The Kier molecular flexibility index (Phi) is 6.04. The summed E-state index contributed by atoms with van der Waals surface area (Å²) in [6, 6.07) is 17.9. The number of nitrogens with zero attached hydrogens (tertiary/aromatic N) is 1. The lowest BCUT2D eigenvalue weighted by molar-refractivity contribution is -0.137. The Balaban J connectivity index is 1.46. The highest BCUT2D eigenvalue weighted by Gasteiger charge is 2.26. The highest BCUT2D eigenvalue weighted by Crippen LogP contribution is 2.25. The summed E-state index contributed by atoms with van der Waals surface area (Å²) in [4.78, 5) is 15.0. The number of hydrogen-bond acceptors (Lipinski definition) is 4. The summed E-state index contributed by atoms with van der Waals surface area (Å²) in [7, 11) is 0. The lowest BCUT2D eigenvalue weighted by Crippen LogP contribution is -2.51. The van der Waals surface area contributed by atoms with Gasteiger partial charge >= 0.3 is 0 Å². The van der Waals surface area contributed by atoms with Gasteiger partial charge in [-0.2, -0.15) is 0 Å². The molecule has 2 heterocycles. The molecular formula is C23H26N2O3. The predicted octanol–water partition coefficient (Wildman–Crippen LogP) is 2.52. The lowest BCUT2D eigenvalue weighted by atomic mass is 10.0. The standard InChI is InChI=1S/C23H26N2O3/c26-23(25-10-12-27-13-11-25)21(15-18-6-2-1-3-7-18)24-16-19-14-20-8-4-5-9-22(20)28-17-19/h1-9,14,21,24H,10-13,15-17H2. The molecule has 1 unspecified atom stereocenters. The van der Waals surface area contributed by atoms with Crippen LogP contribution < -0.4 is 10.1 Å². The van der Waals surface area contributed by atoms with E-state index in [1.54, 1.807) is 0 Å². The van der Waals surface area contributed by atoms with Gasteiger partial charge in [0.25, 0.3) is 0 Å². The monoisotopic (exact) mass is 378 g/mol. The van der Waals surface area contributed by atoms with Crippen molar-refractivity contribution < 1.29 is 14.3 Å². The minimum atomic E-state index is -0.265. The molecule has 0 spiro atoms. The van der Waals surface area contributed by atoms with Gasteiger partial charge in [-0.1, -0.05) is 48.5 Å². The van der Waals surface area contributed by atoms with Gasteiger partial charge in [0.05, 0.1) is 19.3 Å². The maximum absolute atomic E-state index is 13.1. The van der Waals surface area contributed by atoms with E-state index in [2.05, 4.69) is 29.6 Å². The molecule has 1 saturated heterocycles. The summed E-state index contributed by atoms with van der Waals surface area (Å²) in [6.07, 6.45) is 2.83. The summed E-state index contributed by atoms with van der Waals surface area (Å²) in [5.41, 5.74) is 3.39. The second-order valence-electron chi connectivity index (χ2n) is 7.19. The van der Waals surface area contributed by atoms with Crippen molar-refractivity contribution in [2.45, 2.75) is 12.5 Å². The van der Waals surface area contributed by atoms with Crippen LogP contribution in [-0.2, 0) is 16.0 Å². The van der Waals surface area contributed by atoms with Crippen LogP contribution in [0.25, 0.3) is 6.08 Å². The molecule has 1 fully saturated rings. The van der Waals surface area contributed by atoms with E-state index in [0.29, 0.717) is 45.9 Å². The van der Waals surface area contributed by atoms with E-state index in [0.717, 1.165) is 22.4 Å². The van der Waals surface area contributed by atoms with E-state index in [-0.39, 0.29) is 11.9 Å². The molecule has 0 aromatic heterocycles. The van der Waals surface area contributed by atoms with Crippen LogP contribution >= 0.6 is 0 Å². The van der Waals surface area contributed by atoms with Crippen molar-refractivity contribution in [3.8, 4) is 5.75 Å². The number of para-hydroxylation sites is 1. The normalized spacial score (nSPS) is 17.3. The number of benzene rings is 2. The molecule has 2 aromatic rings. The highest BCUT2D eigenvalue weighted by atomic mass is 16.5. The average Bonchev–Trinajstić information content (AvgIpc) is 2.77. The van der Waals surface area contributed by atoms with Crippen molar-refractivity contribution in [3.63, 3.8) is 0 Å². The van der Waals surface area contributed by atoms with Crippen LogP contribution in [0.2, 0.25) is 0 Å². The molecule has 2 aliphatic rings. The van der Waals surface area contributed by atoms with Crippen LogP contribution in [0.15, 0.2) is 60.2 Å². The molecule has 5 heteroatoms. The van der Waals surface area contributed by atoms with Crippen molar-refractivity contribution >= 4 is 12.0 Å². The zero-order valence-electron chi connectivity index (χ0n) is 16.0. The Hall–Kier alpha value is -2.63. The average molecular weight is 378 g/mol. The van der Waals surface area contributed by atoms with E-state index in [4.69, 9.17) is 9.47 Å². The van der Waals surface area contributed by atoms with Gasteiger partial charge in [-0.3, -0.25) is 4.79 Å². The third kappa shape index (κ3) is 4.61. The molecule has 5 nitrogen and oxygen atoms in total. The third-order valence-corrected chi connectivity index (χ3v) is 5.17. The molecule has 0 saturated carbocycles. The van der Waals surface area contributed by atoms with Crippen LogP contribution in [0.4, 0.5) is 0 Å². The first-order valence-electron chi connectivity index (χ1n) is 9.85. The fraction of sp³-hybridized carbons (Fsp3) is 0.348. The van der Waals surface area contributed by atoms with Gasteiger partial charge in [0.2, 0.25) is 5.91 Å². The SMILES string of the molecule is O=C(C(Cc1ccccc1)NCC1=Cc2ccccc2OC1)N1CCOCC1. The van der Waals surface area contributed by atoms with Gasteiger partial charge in [0, 0.05) is 25.2 Å². The molecule has 0 bridgehead atoms. The number of ether oxygens (including phenoxy) is 2. The number of carbonyl (C=O) groups is 1. The van der Waals surface area contributed by atoms with Gasteiger partial charge in [-0.05, 0) is 29.7 Å².